The molecular formula is C27H26F7NO4. The Morgan fingerprint density at radius 3 is 1.95 bits per heavy atom. The number of ether oxygens (including phenoxy) is 3. The predicted molar refractivity (Wildman–Crippen MR) is 130 cm³/mol. The van der Waals surface area contributed by atoms with Crippen molar-refractivity contribution in [3.63, 3.8) is 0 Å². The van der Waals surface area contributed by atoms with E-state index in [-0.39, 0.29) is 30.5 Å². The minimum Gasteiger partial charge on any atom is -0.457 e. The molecule has 0 saturated carbocycles. The lowest BCUT2D eigenvalue weighted by Crippen LogP contribution is -2.35. The largest absolute Gasteiger partial charge is 0.573 e. The molecule has 5 nitrogen and oxygen atoms in total. The molecule has 1 atom stereocenters. The lowest BCUT2D eigenvalue weighted by atomic mass is 10.1. The molecule has 0 aliphatic heterocycles. The highest BCUT2D eigenvalue weighted by molar-refractivity contribution is 5.52. The highest BCUT2D eigenvalue weighted by atomic mass is 19.4. The maximum Gasteiger partial charge on any atom is 0.573 e. The molecule has 0 radical (unpaired) electrons. The Bertz CT molecular complexity index is 1220. The lowest BCUT2D eigenvalue weighted by molar-refractivity contribution is -0.274. The Labute approximate surface area is 220 Å². The Morgan fingerprint density at radius 1 is 0.769 bits per heavy atom. The van der Waals surface area contributed by atoms with Crippen molar-refractivity contribution in [2.24, 2.45) is 5.92 Å². The van der Waals surface area contributed by atoms with Crippen LogP contribution in [0.25, 0.3) is 0 Å². The first-order chi connectivity index (χ1) is 18.2. The normalized spacial score (nSPS) is 12.9. The van der Waals surface area contributed by atoms with Gasteiger partial charge in [-0.15, -0.1) is 13.2 Å². The van der Waals surface area contributed by atoms with Crippen LogP contribution in [-0.4, -0.2) is 36.7 Å². The summed E-state index contributed by atoms with van der Waals surface area (Å²) >= 11 is 0. The standard InChI is InChI=1S/C27H26F7NO4/c1-17(2)24(36)16-35(15-18-6-3-10-22(12-18)38-26(30,31)25(28)29)19-7-4-8-20(13-19)37-21-9-5-11-23(14-21)39-27(32,33)34/h3-14,17,24-25,36H,15-16H2,1-2H3. The molecule has 3 aromatic carbocycles. The van der Waals surface area contributed by atoms with Gasteiger partial charge in [-0.3, -0.25) is 0 Å². The Hall–Kier alpha value is -3.67. The van der Waals surface area contributed by atoms with Gasteiger partial charge in [-0.2, -0.15) is 17.6 Å². The van der Waals surface area contributed by atoms with E-state index in [2.05, 4.69) is 9.47 Å². The summed E-state index contributed by atoms with van der Waals surface area (Å²) in [5, 5.41) is 10.5. The first-order valence-electron chi connectivity index (χ1n) is 11.7. The summed E-state index contributed by atoms with van der Waals surface area (Å²) in [6, 6.07) is 16.7. The monoisotopic (exact) mass is 561 g/mol. The number of benzene rings is 3. The molecular weight excluding hydrogens is 535 g/mol. The van der Waals surface area contributed by atoms with Gasteiger partial charge in [0.05, 0.1) is 6.10 Å². The van der Waals surface area contributed by atoms with Gasteiger partial charge in [0.1, 0.15) is 23.0 Å². The topological polar surface area (TPSA) is 51.2 Å². The third-order valence-electron chi connectivity index (χ3n) is 5.41. The van der Waals surface area contributed by atoms with Crippen LogP contribution in [0.2, 0.25) is 0 Å². The summed E-state index contributed by atoms with van der Waals surface area (Å²) in [6.07, 6.45) is -14.3. The molecule has 3 aromatic rings. The molecule has 3 rings (SSSR count). The molecule has 0 aliphatic rings. The van der Waals surface area contributed by atoms with E-state index in [0.29, 0.717) is 11.3 Å². The van der Waals surface area contributed by atoms with Crippen molar-refractivity contribution in [3.05, 3.63) is 78.4 Å². The number of hydrogen-bond acceptors (Lipinski definition) is 5. The Morgan fingerprint density at radius 2 is 1.33 bits per heavy atom. The zero-order valence-corrected chi connectivity index (χ0v) is 20.8. The minimum absolute atomic E-state index is 0.0690. The van der Waals surface area contributed by atoms with Crippen LogP contribution in [0.4, 0.5) is 36.4 Å². The first kappa shape index (κ1) is 29.9. The maximum atomic E-state index is 13.4. The van der Waals surface area contributed by atoms with E-state index < -0.39 is 36.5 Å². The van der Waals surface area contributed by atoms with Gasteiger partial charge in [0.2, 0.25) is 0 Å². The number of halogens is 7. The molecule has 0 spiro atoms. The highest BCUT2D eigenvalue weighted by Crippen LogP contribution is 2.32. The van der Waals surface area contributed by atoms with Crippen LogP contribution in [0.1, 0.15) is 19.4 Å². The van der Waals surface area contributed by atoms with Crippen molar-refractivity contribution in [1.82, 2.24) is 0 Å². The van der Waals surface area contributed by atoms with E-state index in [1.54, 1.807) is 49.1 Å². The number of rotatable bonds is 12. The first-order valence-corrected chi connectivity index (χ1v) is 11.7. The fraction of sp³-hybridized carbons (Fsp3) is 0.333. The summed E-state index contributed by atoms with van der Waals surface area (Å²) < 4.78 is 103. The molecule has 0 bridgehead atoms. The summed E-state index contributed by atoms with van der Waals surface area (Å²) in [7, 11) is 0. The van der Waals surface area contributed by atoms with Gasteiger partial charge in [-0.25, -0.2) is 0 Å². The molecule has 212 valence electrons. The molecule has 39 heavy (non-hydrogen) atoms. The van der Waals surface area contributed by atoms with Crippen molar-refractivity contribution >= 4 is 5.69 Å². The molecule has 0 fully saturated rings. The average Bonchev–Trinajstić information content (AvgIpc) is 2.82. The van der Waals surface area contributed by atoms with Crippen molar-refractivity contribution in [3.8, 4) is 23.0 Å². The van der Waals surface area contributed by atoms with Gasteiger partial charge in [0.25, 0.3) is 0 Å². The summed E-state index contributed by atoms with van der Waals surface area (Å²) in [4.78, 5) is 1.71. The molecule has 12 heteroatoms. The molecule has 0 aromatic heterocycles. The van der Waals surface area contributed by atoms with Crippen molar-refractivity contribution in [2.75, 3.05) is 11.4 Å². The third-order valence-corrected chi connectivity index (χ3v) is 5.41. The predicted octanol–water partition coefficient (Wildman–Crippen LogP) is 7.64. The van der Waals surface area contributed by atoms with Crippen LogP contribution in [-0.2, 0) is 6.54 Å². The van der Waals surface area contributed by atoms with Gasteiger partial charge >= 0.3 is 18.9 Å². The number of anilines is 1. The van der Waals surface area contributed by atoms with Crippen molar-refractivity contribution in [1.29, 1.82) is 0 Å². The number of alkyl halides is 7. The zero-order chi connectivity index (χ0) is 28.8. The molecule has 0 saturated heterocycles. The van der Waals surface area contributed by atoms with Gasteiger partial charge in [0, 0.05) is 30.9 Å². The second-order valence-corrected chi connectivity index (χ2v) is 8.93. The Kier molecular flexibility index (Phi) is 9.54. The summed E-state index contributed by atoms with van der Waals surface area (Å²) in [5.41, 5.74) is 0.955. The molecule has 1 N–H and O–H groups in total. The van der Waals surface area contributed by atoms with E-state index in [1.807, 2.05) is 0 Å². The van der Waals surface area contributed by atoms with Gasteiger partial charge in [0.15, 0.2) is 0 Å². The fourth-order valence-corrected chi connectivity index (χ4v) is 3.44. The number of aliphatic hydroxyl groups is 1. The maximum absolute atomic E-state index is 13.4. The van der Waals surface area contributed by atoms with E-state index in [1.165, 1.54) is 24.3 Å². The van der Waals surface area contributed by atoms with Crippen LogP contribution in [0, 0.1) is 5.92 Å². The third kappa shape index (κ3) is 9.24. The lowest BCUT2D eigenvalue weighted by Gasteiger charge is -2.29. The van der Waals surface area contributed by atoms with Crippen LogP contribution in [0.15, 0.2) is 72.8 Å². The van der Waals surface area contributed by atoms with Gasteiger partial charge in [-0.05, 0) is 47.9 Å². The van der Waals surface area contributed by atoms with E-state index in [9.17, 15) is 35.8 Å². The van der Waals surface area contributed by atoms with Crippen molar-refractivity contribution < 1.29 is 50.1 Å². The zero-order valence-electron chi connectivity index (χ0n) is 20.8. The average molecular weight is 561 g/mol. The van der Waals surface area contributed by atoms with Crippen LogP contribution in [0.3, 0.4) is 0 Å². The molecule has 0 aliphatic carbocycles. The number of hydrogen-bond donors (Lipinski definition) is 1. The fourth-order valence-electron chi connectivity index (χ4n) is 3.44. The second-order valence-electron chi connectivity index (χ2n) is 8.93. The van der Waals surface area contributed by atoms with Crippen LogP contribution < -0.4 is 19.1 Å². The van der Waals surface area contributed by atoms with Crippen molar-refractivity contribution in [2.45, 2.75) is 45.4 Å². The van der Waals surface area contributed by atoms with E-state index >= 15 is 0 Å². The molecule has 0 heterocycles. The van der Waals surface area contributed by atoms with E-state index in [0.717, 1.165) is 18.2 Å². The highest BCUT2D eigenvalue weighted by Gasteiger charge is 2.44. The number of nitrogens with zero attached hydrogens (tertiary/aromatic N) is 1. The SMILES string of the molecule is CC(C)C(O)CN(Cc1cccc(OC(F)(F)C(F)F)c1)c1cccc(Oc2cccc(OC(F)(F)F)c2)c1. The molecule has 1 unspecified atom stereocenters. The quantitative estimate of drug-likeness (QED) is 0.231. The van der Waals surface area contributed by atoms with Gasteiger partial charge < -0.3 is 24.2 Å². The summed E-state index contributed by atoms with van der Waals surface area (Å²) in [5.74, 6) is -0.720. The van der Waals surface area contributed by atoms with Crippen LogP contribution in [0.5, 0.6) is 23.0 Å². The number of aliphatic hydroxyl groups excluding tert-OH is 1. The van der Waals surface area contributed by atoms with Crippen LogP contribution >= 0.6 is 0 Å². The molecule has 0 amide bonds. The smallest absolute Gasteiger partial charge is 0.457 e. The Balaban J connectivity index is 1.85. The van der Waals surface area contributed by atoms with E-state index in [4.69, 9.17) is 4.74 Å². The minimum atomic E-state index is -4.87. The second kappa shape index (κ2) is 12.5. The summed E-state index contributed by atoms with van der Waals surface area (Å²) in [6.45, 7) is 3.78. The van der Waals surface area contributed by atoms with Gasteiger partial charge in [-0.1, -0.05) is 38.1 Å².